The van der Waals surface area contributed by atoms with E-state index in [0.29, 0.717) is 27.5 Å². The van der Waals surface area contributed by atoms with E-state index < -0.39 is 13.2 Å². The van der Waals surface area contributed by atoms with Gasteiger partial charge in [0, 0.05) is 46.4 Å². The Morgan fingerprint density at radius 3 is 2.26 bits per heavy atom. The lowest BCUT2D eigenvalue weighted by Crippen LogP contribution is -2.21. The van der Waals surface area contributed by atoms with Crippen LogP contribution in [0.15, 0.2) is 72.8 Å². The summed E-state index contributed by atoms with van der Waals surface area (Å²) in [5.41, 5.74) is 2.51. The lowest BCUT2D eigenvalue weighted by atomic mass is 10.2. The first-order valence-corrected chi connectivity index (χ1v) is 12.6. The van der Waals surface area contributed by atoms with Gasteiger partial charge >= 0.3 is 0 Å². The first-order chi connectivity index (χ1) is 14.8. The van der Waals surface area contributed by atoms with Gasteiger partial charge in [0.25, 0.3) is 7.37 Å². The smallest absolute Gasteiger partial charge is 0.258 e. The van der Waals surface area contributed by atoms with Crippen LogP contribution in [0.25, 0.3) is 0 Å². The molecule has 0 heterocycles. The van der Waals surface area contributed by atoms with Crippen molar-refractivity contribution in [1.29, 1.82) is 0 Å². The molecule has 0 bridgehead atoms. The minimum Gasteiger partial charge on any atom is -0.378 e. The molecule has 0 aliphatic carbocycles. The summed E-state index contributed by atoms with van der Waals surface area (Å²) in [6, 6.07) is 22.5. The van der Waals surface area contributed by atoms with Gasteiger partial charge in [0.05, 0.1) is 6.61 Å². The zero-order valence-corrected chi connectivity index (χ0v) is 20.3. The average molecular weight is 477 g/mol. The summed E-state index contributed by atoms with van der Waals surface area (Å²) in [6.45, 7) is 2.36. The Morgan fingerprint density at radius 1 is 1.00 bits per heavy atom. The van der Waals surface area contributed by atoms with Gasteiger partial charge in [0.1, 0.15) is 5.78 Å². The van der Waals surface area contributed by atoms with Crippen LogP contribution in [0.3, 0.4) is 0 Å². The molecule has 7 heteroatoms. The highest BCUT2D eigenvalue weighted by Gasteiger charge is 2.39. The molecule has 0 aromatic heterocycles. The zero-order valence-electron chi connectivity index (χ0n) is 17.9. The van der Waals surface area contributed by atoms with Crippen molar-refractivity contribution in [2.75, 3.05) is 30.9 Å². The fourth-order valence-electron chi connectivity index (χ4n) is 3.24. The summed E-state index contributed by atoms with van der Waals surface area (Å²) in [7, 11) is 0.500. The van der Waals surface area contributed by atoms with Gasteiger partial charge in [0.2, 0.25) is 0 Å². The van der Waals surface area contributed by atoms with Crippen molar-refractivity contribution in [2.45, 2.75) is 19.1 Å². The standard InChI is InChI=1S/C24H27Cl2N2O2P/c1-4-16-30-31(29,21-13-11-20(12-14-21)28(2)3)24(27-19-8-6-5-7-9-19)22-15-10-18(25)17-23(22)26/h5-15,17,24,27H,4,16H2,1-3H3/t24-,31-/m0/s1. The van der Waals surface area contributed by atoms with Crippen molar-refractivity contribution in [3.8, 4) is 0 Å². The van der Waals surface area contributed by atoms with Gasteiger partial charge in [-0.05, 0) is 55.0 Å². The van der Waals surface area contributed by atoms with Crippen LogP contribution < -0.4 is 15.5 Å². The number of anilines is 2. The Hall–Kier alpha value is -1.97. The maximum absolute atomic E-state index is 14.6. The maximum Gasteiger partial charge on any atom is 0.258 e. The molecule has 31 heavy (non-hydrogen) atoms. The molecule has 2 atom stereocenters. The molecule has 3 aromatic rings. The molecule has 0 radical (unpaired) electrons. The number of hydrogen-bond acceptors (Lipinski definition) is 4. The van der Waals surface area contributed by atoms with Crippen LogP contribution in [0.2, 0.25) is 10.0 Å². The van der Waals surface area contributed by atoms with Crippen LogP contribution >= 0.6 is 30.6 Å². The summed E-state index contributed by atoms with van der Waals surface area (Å²) >= 11 is 12.7. The molecule has 0 fully saturated rings. The molecule has 4 nitrogen and oxygen atoms in total. The molecular weight excluding hydrogens is 450 g/mol. The minimum atomic E-state index is -3.44. The third-order valence-electron chi connectivity index (χ3n) is 4.89. The summed E-state index contributed by atoms with van der Waals surface area (Å²) < 4.78 is 20.7. The number of para-hydroxylation sites is 1. The molecule has 0 aliphatic rings. The summed E-state index contributed by atoms with van der Waals surface area (Å²) in [5, 5.41) is 5.00. The van der Waals surface area contributed by atoms with Gasteiger partial charge < -0.3 is 14.7 Å². The summed E-state index contributed by atoms with van der Waals surface area (Å²) in [6.07, 6.45) is 0.742. The van der Waals surface area contributed by atoms with E-state index in [1.165, 1.54) is 0 Å². The van der Waals surface area contributed by atoms with Gasteiger partial charge in [-0.25, -0.2) is 0 Å². The van der Waals surface area contributed by atoms with E-state index in [9.17, 15) is 4.57 Å². The van der Waals surface area contributed by atoms with E-state index in [0.717, 1.165) is 17.8 Å². The Balaban J connectivity index is 2.15. The SMILES string of the molecule is CCCO[P@@](=O)(c1ccc(N(C)C)cc1)[C@H](Nc1ccccc1)c1ccc(Cl)cc1Cl. The number of halogens is 2. The van der Waals surface area contributed by atoms with E-state index in [1.807, 2.05) is 80.5 Å². The fraction of sp³-hybridized carbons (Fsp3) is 0.250. The minimum absolute atomic E-state index is 0.366. The first-order valence-electron chi connectivity index (χ1n) is 10.1. The van der Waals surface area contributed by atoms with Crippen molar-refractivity contribution in [1.82, 2.24) is 0 Å². The normalized spacial score (nSPS) is 14.0. The largest absolute Gasteiger partial charge is 0.378 e. The highest BCUT2D eigenvalue weighted by atomic mass is 35.5. The molecular formula is C24H27Cl2N2O2P. The molecule has 3 aromatic carbocycles. The topological polar surface area (TPSA) is 41.6 Å². The van der Waals surface area contributed by atoms with Gasteiger partial charge in [-0.3, -0.25) is 4.57 Å². The predicted molar refractivity (Wildman–Crippen MR) is 134 cm³/mol. The van der Waals surface area contributed by atoms with Gasteiger partial charge in [-0.2, -0.15) is 0 Å². The number of hydrogen-bond donors (Lipinski definition) is 1. The quantitative estimate of drug-likeness (QED) is 0.331. The highest BCUT2D eigenvalue weighted by Crippen LogP contribution is 2.60. The lowest BCUT2D eigenvalue weighted by molar-refractivity contribution is 0.315. The second kappa shape index (κ2) is 10.6. The Labute approximate surface area is 194 Å². The van der Waals surface area contributed by atoms with Crippen molar-refractivity contribution in [3.05, 3.63) is 88.4 Å². The molecule has 0 saturated heterocycles. The van der Waals surface area contributed by atoms with Crippen LogP contribution in [0.1, 0.15) is 24.7 Å². The first kappa shape index (κ1) is 23.7. The summed E-state index contributed by atoms with van der Waals surface area (Å²) in [4.78, 5) is 2.00. The van der Waals surface area contributed by atoms with Crippen molar-refractivity contribution < 1.29 is 9.09 Å². The molecule has 164 valence electrons. The highest BCUT2D eigenvalue weighted by molar-refractivity contribution is 7.67. The Bertz CT molecular complexity index is 1040. The summed E-state index contributed by atoms with van der Waals surface area (Å²) in [5.74, 6) is -0.684. The van der Waals surface area contributed by atoms with Gasteiger partial charge in [-0.1, -0.05) is 54.4 Å². The van der Waals surface area contributed by atoms with E-state index in [4.69, 9.17) is 27.7 Å². The van der Waals surface area contributed by atoms with Gasteiger partial charge in [-0.15, -0.1) is 0 Å². The van der Waals surface area contributed by atoms with Crippen molar-refractivity contribution in [2.24, 2.45) is 0 Å². The molecule has 0 unspecified atom stereocenters. The third-order valence-corrected chi connectivity index (χ3v) is 8.12. The molecule has 0 aliphatic heterocycles. The second-order valence-corrected chi connectivity index (χ2v) is 10.7. The molecule has 0 spiro atoms. The molecule has 1 N–H and O–H groups in total. The Morgan fingerprint density at radius 2 is 1.68 bits per heavy atom. The molecule has 0 amide bonds. The number of rotatable bonds is 9. The van der Waals surface area contributed by atoms with E-state index in [-0.39, 0.29) is 0 Å². The van der Waals surface area contributed by atoms with Crippen LogP contribution in [0, 0.1) is 0 Å². The van der Waals surface area contributed by atoms with Gasteiger partial charge in [0.15, 0.2) is 0 Å². The van der Waals surface area contributed by atoms with Crippen molar-refractivity contribution in [3.63, 3.8) is 0 Å². The second-order valence-electron chi connectivity index (χ2n) is 7.42. The van der Waals surface area contributed by atoms with E-state index >= 15 is 0 Å². The van der Waals surface area contributed by atoms with Crippen molar-refractivity contribution >= 4 is 47.3 Å². The zero-order chi connectivity index (χ0) is 22.4. The Kier molecular flexibility index (Phi) is 8.07. The number of nitrogens with zero attached hydrogens (tertiary/aromatic N) is 1. The lowest BCUT2D eigenvalue weighted by Gasteiger charge is -2.30. The molecule has 3 rings (SSSR count). The van der Waals surface area contributed by atoms with E-state index in [2.05, 4.69) is 5.32 Å². The van der Waals surface area contributed by atoms with Crippen LogP contribution in [-0.4, -0.2) is 20.7 Å². The van der Waals surface area contributed by atoms with Crippen LogP contribution in [-0.2, 0) is 9.09 Å². The molecule has 0 saturated carbocycles. The average Bonchev–Trinajstić information content (AvgIpc) is 2.77. The number of benzene rings is 3. The number of nitrogens with one attached hydrogen (secondary N) is 1. The predicted octanol–water partition coefficient (Wildman–Crippen LogP) is 7.20. The monoisotopic (exact) mass is 476 g/mol. The van der Waals surface area contributed by atoms with Crippen LogP contribution in [0.4, 0.5) is 11.4 Å². The van der Waals surface area contributed by atoms with E-state index in [1.54, 1.807) is 18.2 Å². The fourth-order valence-corrected chi connectivity index (χ4v) is 6.36. The third kappa shape index (κ3) is 5.64. The maximum atomic E-state index is 14.6. The van der Waals surface area contributed by atoms with Crippen LogP contribution in [0.5, 0.6) is 0 Å².